The summed E-state index contributed by atoms with van der Waals surface area (Å²) in [5.41, 5.74) is 1.77. The lowest BCUT2D eigenvalue weighted by Crippen LogP contribution is -2.24. The molecule has 2 aromatic rings. The van der Waals surface area contributed by atoms with Crippen LogP contribution in [-0.4, -0.2) is 22.6 Å². The lowest BCUT2D eigenvalue weighted by atomic mass is 10.3. The molecule has 0 bridgehead atoms. The third kappa shape index (κ3) is 5.57. The lowest BCUT2D eigenvalue weighted by Gasteiger charge is -2.06. The van der Waals surface area contributed by atoms with E-state index in [-0.39, 0.29) is 11.8 Å². The van der Waals surface area contributed by atoms with Gasteiger partial charge in [0.05, 0.1) is 5.75 Å². The molecule has 114 valence electrons. The van der Waals surface area contributed by atoms with E-state index in [9.17, 15) is 9.59 Å². The number of carbonyl (C=O) groups is 2. The number of amides is 2. The Balaban J connectivity index is 1.75. The maximum absolute atomic E-state index is 11.8. The number of hydrogen-bond donors (Lipinski definition) is 2. The zero-order chi connectivity index (χ0) is 15.8. The van der Waals surface area contributed by atoms with Crippen LogP contribution in [0.5, 0.6) is 0 Å². The van der Waals surface area contributed by atoms with E-state index in [4.69, 9.17) is 0 Å². The Kier molecular flexibility index (Phi) is 5.97. The van der Waals surface area contributed by atoms with Crippen LogP contribution in [0.25, 0.3) is 0 Å². The molecule has 0 spiro atoms. The molecule has 5 nitrogen and oxygen atoms in total. The number of carbonyl (C=O) groups excluding carboxylic acids is 2. The highest BCUT2D eigenvalue weighted by Crippen LogP contribution is 2.20. The van der Waals surface area contributed by atoms with Crippen LogP contribution in [0, 0.1) is 0 Å². The van der Waals surface area contributed by atoms with E-state index >= 15 is 0 Å². The van der Waals surface area contributed by atoms with Gasteiger partial charge in [-0.1, -0.05) is 0 Å². The third-order valence-electron chi connectivity index (χ3n) is 2.78. The smallest absolute Gasteiger partial charge is 0.230 e. The highest BCUT2D eigenvalue weighted by molar-refractivity contribution is 8.00. The van der Waals surface area contributed by atoms with Crippen molar-refractivity contribution >= 4 is 29.3 Å². The molecule has 0 atom stereocenters. The van der Waals surface area contributed by atoms with Crippen LogP contribution in [0.2, 0.25) is 0 Å². The predicted octanol–water partition coefficient (Wildman–Crippen LogP) is 2.45. The number of benzene rings is 1. The van der Waals surface area contributed by atoms with Crippen molar-refractivity contribution in [3.8, 4) is 0 Å². The molecule has 0 saturated carbocycles. The Morgan fingerprint density at radius 3 is 2.41 bits per heavy atom. The molecule has 2 rings (SSSR count). The van der Waals surface area contributed by atoms with E-state index < -0.39 is 0 Å². The van der Waals surface area contributed by atoms with Crippen LogP contribution in [0.4, 0.5) is 5.69 Å². The summed E-state index contributed by atoms with van der Waals surface area (Å²) in [6, 6.07) is 11.1. The average Bonchev–Trinajstić information content (AvgIpc) is 2.53. The van der Waals surface area contributed by atoms with Crippen molar-refractivity contribution in [3.05, 3.63) is 54.4 Å². The molecule has 0 aliphatic rings. The Labute approximate surface area is 133 Å². The highest BCUT2D eigenvalue weighted by atomic mass is 32.2. The largest absolute Gasteiger partial charge is 0.351 e. The average molecular weight is 315 g/mol. The number of rotatable bonds is 6. The van der Waals surface area contributed by atoms with Crippen molar-refractivity contribution in [2.75, 3.05) is 11.1 Å². The van der Waals surface area contributed by atoms with Gasteiger partial charge in [0.1, 0.15) is 0 Å². The summed E-state index contributed by atoms with van der Waals surface area (Å²) < 4.78 is 0. The van der Waals surface area contributed by atoms with Gasteiger partial charge in [-0.2, -0.15) is 0 Å². The highest BCUT2D eigenvalue weighted by Gasteiger charge is 2.03. The first-order valence-corrected chi connectivity index (χ1v) is 7.78. The minimum atomic E-state index is -0.101. The number of pyridine rings is 1. The topological polar surface area (TPSA) is 71.1 Å². The molecule has 1 heterocycles. The van der Waals surface area contributed by atoms with Gasteiger partial charge in [0.2, 0.25) is 11.8 Å². The number of thioether (sulfide) groups is 1. The van der Waals surface area contributed by atoms with Crippen molar-refractivity contribution in [3.63, 3.8) is 0 Å². The van der Waals surface area contributed by atoms with E-state index in [1.54, 1.807) is 12.4 Å². The van der Waals surface area contributed by atoms with E-state index in [2.05, 4.69) is 15.6 Å². The normalized spacial score (nSPS) is 10.0. The summed E-state index contributed by atoms with van der Waals surface area (Å²) in [6.07, 6.45) is 3.40. The molecule has 2 N–H and O–H groups in total. The molecule has 6 heteroatoms. The molecule has 0 unspecified atom stereocenters. The maximum atomic E-state index is 11.8. The van der Waals surface area contributed by atoms with E-state index in [1.807, 2.05) is 36.4 Å². The zero-order valence-electron chi connectivity index (χ0n) is 12.2. The maximum Gasteiger partial charge on any atom is 0.230 e. The molecule has 1 aromatic carbocycles. The molecule has 0 aliphatic carbocycles. The van der Waals surface area contributed by atoms with Crippen molar-refractivity contribution in [1.29, 1.82) is 0 Å². The van der Waals surface area contributed by atoms with Gasteiger partial charge in [0.15, 0.2) is 0 Å². The minimum absolute atomic E-state index is 0.0206. The van der Waals surface area contributed by atoms with E-state index in [1.165, 1.54) is 18.7 Å². The Morgan fingerprint density at radius 2 is 1.77 bits per heavy atom. The first-order chi connectivity index (χ1) is 10.6. The van der Waals surface area contributed by atoms with Crippen LogP contribution in [-0.2, 0) is 16.1 Å². The summed E-state index contributed by atoms with van der Waals surface area (Å²) >= 11 is 1.45. The number of anilines is 1. The van der Waals surface area contributed by atoms with Crippen molar-refractivity contribution in [2.24, 2.45) is 0 Å². The predicted molar refractivity (Wildman–Crippen MR) is 87.6 cm³/mol. The standard InChI is InChI=1S/C16H17N3O2S/c1-12(20)19-14-2-4-15(5-3-14)22-11-16(21)18-10-13-6-8-17-9-7-13/h2-9H,10-11H2,1H3,(H,18,21)(H,19,20). The van der Waals surface area contributed by atoms with E-state index in [0.29, 0.717) is 12.3 Å². The second kappa shape index (κ2) is 8.19. The second-order valence-corrected chi connectivity index (χ2v) is 5.68. The van der Waals surface area contributed by atoms with Crippen molar-refractivity contribution < 1.29 is 9.59 Å². The van der Waals surface area contributed by atoms with Crippen LogP contribution >= 0.6 is 11.8 Å². The summed E-state index contributed by atoms with van der Waals surface area (Å²) in [5.74, 6) is 0.230. The molecule has 0 saturated heterocycles. The lowest BCUT2D eigenvalue weighted by molar-refractivity contribution is -0.118. The van der Waals surface area contributed by atoms with Gasteiger partial charge in [-0.05, 0) is 42.0 Å². The summed E-state index contributed by atoms with van der Waals surface area (Å²) in [4.78, 5) is 27.6. The summed E-state index contributed by atoms with van der Waals surface area (Å²) in [5, 5.41) is 5.56. The number of aromatic nitrogens is 1. The van der Waals surface area contributed by atoms with Gasteiger partial charge in [-0.25, -0.2) is 0 Å². The van der Waals surface area contributed by atoms with Crippen molar-refractivity contribution in [1.82, 2.24) is 10.3 Å². The Morgan fingerprint density at radius 1 is 1.09 bits per heavy atom. The van der Waals surface area contributed by atoms with Crippen LogP contribution < -0.4 is 10.6 Å². The fourth-order valence-electron chi connectivity index (χ4n) is 1.74. The van der Waals surface area contributed by atoms with Crippen molar-refractivity contribution in [2.45, 2.75) is 18.4 Å². The van der Waals surface area contributed by atoms with Crippen LogP contribution in [0.1, 0.15) is 12.5 Å². The first kappa shape index (κ1) is 16.0. The van der Waals surface area contributed by atoms with E-state index in [0.717, 1.165) is 16.1 Å². The fourth-order valence-corrected chi connectivity index (χ4v) is 2.47. The Hall–Kier alpha value is -2.34. The third-order valence-corrected chi connectivity index (χ3v) is 3.80. The number of nitrogens with zero attached hydrogens (tertiary/aromatic N) is 1. The molecule has 0 radical (unpaired) electrons. The van der Waals surface area contributed by atoms with Crippen LogP contribution in [0.15, 0.2) is 53.7 Å². The summed E-state index contributed by atoms with van der Waals surface area (Å²) in [6.45, 7) is 1.97. The molecular formula is C16H17N3O2S. The molecule has 2 amide bonds. The van der Waals surface area contributed by atoms with Gasteiger partial charge in [-0.15, -0.1) is 11.8 Å². The second-order valence-electron chi connectivity index (χ2n) is 4.63. The summed E-state index contributed by atoms with van der Waals surface area (Å²) in [7, 11) is 0. The quantitative estimate of drug-likeness (QED) is 0.803. The van der Waals surface area contributed by atoms with Gasteiger partial charge >= 0.3 is 0 Å². The molecule has 1 aromatic heterocycles. The fraction of sp³-hybridized carbons (Fsp3) is 0.188. The van der Waals surface area contributed by atoms with Gasteiger partial charge < -0.3 is 10.6 Å². The molecule has 0 fully saturated rings. The molecule has 22 heavy (non-hydrogen) atoms. The van der Waals surface area contributed by atoms with Crippen LogP contribution in [0.3, 0.4) is 0 Å². The monoisotopic (exact) mass is 315 g/mol. The van der Waals surface area contributed by atoms with Gasteiger partial charge in [0, 0.05) is 36.4 Å². The minimum Gasteiger partial charge on any atom is -0.351 e. The SMILES string of the molecule is CC(=O)Nc1ccc(SCC(=O)NCc2ccncc2)cc1. The Bertz CT molecular complexity index is 630. The van der Waals surface area contributed by atoms with Gasteiger partial charge in [-0.3, -0.25) is 14.6 Å². The number of hydrogen-bond acceptors (Lipinski definition) is 4. The molecule has 0 aliphatic heterocycles. The number of nitrogens with one attached hydrogen (secondary N) is 2. The van der Waals surface area contributed by atoms with Gasteiger partial charge in [0.25, 0.3) is 0 Å². The zero-order valence-corrected chi connectivity index (χ0v) is 13.0. The first-order valence-electron chi connectivity index (χ1n) is 6.79. The molecular weight excluding hydrogens is 298 g/mol.